The highest BCUT2D eigenvalue weighted by Gasteiger charge is 2.40. The normalized spacial score (nSPS) is 16.5. The third-order valence-corrected chi connectivity index (χ3v) is 14.3. The van der Waals surface area contributed by atoms with Gasteiger partial charge in [-0.1, -0.05) is 6.42 Å². The number of aromatic amines is 1. The van der Waals surface area contributed by atoms with Crippen molar-refractivity contribution in [3.05, 3.63) is 18.2 Å². The molecule has 0 saturated carbocycles. The molecule has 1 aromatic heterocycles. The quantitative estimate of drug-likeness (QED) is 0.0270. The number of aromatic nitrogens is 2. The lowest BCUT2D eigenvalue weighted by molar-refractivity contribution is -0.142. The molecule has 0 spiro atoms. The Morgan fingerprint density at radius 2 is 1.00 bits per heavy atom. The number of amides is 10. The lowest BCUT2D eigenvalue weighted by atomic mass is 10.0. The molecule has 1 aromatic rings. The molecule has 2 heterocycles. The maximum atomic E-state index is 14.5. The van der Waals surface area contributed by atoms with Gasteiger partial charge in [-0.05, 0) is 142 Å². The summed E-state index contributed by atoms with van der Waals surface area (Å²) in [6.45, 7) is 0.284. The monoisotopic (exact) mass is 1220 g/mol. The molecule has 0 radical (unpaired) electrons. The first-order valence-corrected chi connectivity index (χ1v) is 29.9. The first-order valence-electron chi connectivity index (χ1n) is 29.9. The van der Waals surface area contributed by atoms with Gasteiger partial charge in [-0.2, -0.15) is 0 Å². The molecule has 1 aliphatic rings. The van der Waals surface area contributed by atoms with Crippen LogP contribution in [-0.4, -0.2) is 223 Å². The van der Waals surface area contributed by atoms with Gasteiger partial charge in [0, 0.05) is 44.5 Å². The Kier molecular flexibility index (Phi) is 37.9. The van der Waals surface area contributed by atoms with Gasteiger partial charge in [-0.25, -0.2) is 4.98 Å². The zero-order chi connectivity index (χ0) is 64.0. The lowest BCUT2D eigenvalue weighted by Crippen LogP contribution is -2.63. The van der Waals surface area contributed by atoms with Crippen LogP contribution in [0.25, 0.3) is 0 Å². The minimum absolute atomic E-state index is 0.00871. The van der Waals surface area contributed by atoms with Crippen LogP contribution in [0.2, 0.25) is 0 Å². The average molecular weight is 1220 g/mol. The number of H-pyrrole nitrogens is 1. The molecule has 86 heavy (non-hydrogen) atoms. The largest absolute Gasteiger partial charge is 0.389 e. The van der Waals surface area contributed by atoms with E-state index in [1.807, 2.05) is 0 Å². The summed E-state index contributed by atoms with van der Waals surface area (Å²) in [6.07, 6.45) is 5.34. The second-order valence-electron chi connectivity index (χ2n) is 21.2. The van der Waals surface area contributed by atoms with Crippen molar-refractivity contribution < 1.29 is 58.2 Å². The number of carbonyl (C=O) groups is 10. The number of carbonyl (C=O) groups excluding carboxylic acids is 10. The van der Waals surface area contributed by atoms with Crippen LogP contribution in [0, 0.1) is 0 Å². The number of unbranched alkanes of at least 4 members (excludes halogenated alkanes) is 4. The van der Waals surface area contributed by atoms with Gasteiger partial charge in [0.05, 0.1) is 31.1 Å². The summed E-state index contributed by atoms with van der Waals surface area (Å²) in [6, 6.07) is -11.8. The van der Waals surface area contributed by atoms with E-state index in [9.17, 15) is 58.2 Å². The number of rotatable bonds is 46. The highest BCUT2D eigenvalue weighted by atomic mass is 16.3. The Hall–Kier alpha value is -6.53. The smallest absolute Gasteiger partial charge is 0.246 e. The number of nitrogens with zero attached hydrogens (tertiary/aromatic N) is 2. The number of imidazole rings is 1. The van der Waals surface area contributed by atoms with Gasteiger partial charge in [0.1, 0.15) is 48.3 Å². The van der Waals surface area contributed by atoms with Crippen molar-refractivity contribution in [2.75, 3.05) is 72.0 Å². The van der Waals surface area contributed by atoms with E-state index in [1.54, 1.807) is 0 Å². The van der Waals surface area contributed by atoms with Crippen molar-refractivity contribution in [1.82, 2.24) is 62.7 Å². The number of hydrogen-bond acceptors (Lipinski definition) is 22. The summed E-state index contributed by atoms with van der Waals surface area (Å²) >= 11 is 0. The Balaban J connectivity index is 2.33. The number of likely N-dealkylation sites (tertiary alicyclic amines) is 1. The summed E-state index contributed by atoms with van der Waals surface area (Å²) in [5.74, 6) is -7.95. The number of aliphatic hydroxyl groups excluding tert-OH is 2. The molecule has 10 amide bonds. The first kappa shape index (κ1) is 75.6. The fourth-order valence-electron chi connectivity index (χ4n) is 9.32. The maximum absolute atomic E-state index is 14.5. The van der Waals surface area contributed by atoms with E-state index in [-0.39, 0.29) is 77.5 Å². The van der Waals surface area contributed by atoms with Crippen LogP contribution in [0.4, 0.5) is 0 Å². The van der Waals surface area contributed by atoms with Crippen LogP contribution in [0.1, 0.15) is 115 Å². The molecule has 0 bridgehead atoms. The second kappa shape index (κ2) is 43.2. The van der Waals surface area contributed by atoms with Gasteiger partial charge < -0.3 is 120 Å². The molecular formula is C53H101N21O12. The summed E-state index contributed by atoms with van der Waals surface area (Å²) in [5, 5.41) is 44.5. The topological polar surface area (TPSA) is 586 Å². The van der Waals surface area contributed by atoms with E-state index in [1.165, 1.54) is 17.4 Å². The van der Waals surface area contributed by atoms with Crippen molar-refractivity contribution in [2.24, 2.45) is 51.6 Å². The van der Waals surface area contributed by atoms with Crippen molar-refractivity contribution in [3.63, 3.8) is 0 Å². The minimum atomic E-state index is -1.83. The fourth-order valence-corrected chi connectivity index (χ4v) is 9.32. The molecule has 11 atom stereocenters. The van der Waals surface area contributed by atoms with Gasteiger partial charge in [0.25, 0.3) is 0 Å². The predicted molar refractivity (Wildman–Crippen MR) is 318 cm³/mol. The second-order valence-corrected chi connectivity index (χ2v) is 21.2. The van der Waals surface area contributed by atoms with Gasteiger partial charge in [-0.3, -0.25) is 47.9 Å². The number of hydrogen-bond donors (Lipinski definition) is 21. The van der Waals surface area contributed by atoms with Crippen molar-refractivity contribution in [3.8, 4) is 0 Å². The molecule has 490 valence electrons. The van der Waals surface area contributed by atoms with E-state index in [0.29, 0.717) is 96.1 Å². The zero-order valence-electron chi connectivity index (χ0n) is 49.6. The Morgan fingerprint density at radius 1 is 0.523 bits per heavy atom. The molecule has 33 heteroatoms. The molecule has 2 rings (SSSR count). The summed E-state index contributed by atoms with van der Waals surface area (Å²) in [4.78, 5) is 146. The van der Waals surface area contributed by atoms with Crippen LogP contribution in [0.5, 0.6) is 0 Å². The maximum Gasteiger partial charge on any atom is 0.246 e. The molecule has 0 aliphatic carbocycles. The van der Waals surface area contributed by atoms with E-state index < -0.39 is 145 Å². The van der Waals surface area contributed by atoms with Crippen LogP contribution >= 0.6 is 0 Å². The average Bonchev–Trinajstić information content (AvgIpc) is 2.88. The molecule has 1 fully saturated rings. The Labute approximate surface area is 502 Å². The molecule has 0 aromatic carbocycles. The SMILES string of the molecule is NCCCCNC(=O)[C@H](CCCCN)NC(=O)[C@@H](CCCN)NC(=O)[C@H](CCCCN)NC(=O)C(Cc1cnc[nH]1)NC(=O)[C@@H]1CCCN1C(=O)[C@@H](CCCN)NC(=O)CNC(=O)[C@@H](NC(=O)[C@@H](NC(=O)C(N)CCCCN)[C@@H](O)CN)[C@@H](O)CN. The first-order chi connectivity index (χ1) is 41.2. The number of nitrogens with two attached hydrogens (primary N) is 9. The van der Waals surface area contributed by atoms with E-state index in [0.717, 1.165) is 0 Å². The summed E-state index contributed by atoms with van der Waals surface area (Å²) in [7, 11) is 0. The molecule has 1 saturated heterocycles. The molecular weight excluding hydrogens is 1120 g/mol. The van der Waals surface area contributed by atoms with Crippen LogP contribution in [-0.2, 0) is 54.4 Å². The van der Waals surface area contributed by atoms with Crippen LogP contribution < -0.4 is 99.5 Å². The Bertz CT molecular complexity index is 2220. The van der Waals surface area contributed by atoms with Crippen molar-refractivity contribution >= 4 is 59.1 Å². The molecule has 1 aliphatic heterocycles. The zero-order valence-corrected chi connectivity index (χ0v) is 49.6. The predicted octanol–water partition coefficient (Wildman–Crippen LogP) is -8.86. The number of nitrogens with one attached hydrogen (secondary N) is 10. The minimum Gasteiger partial charge on any atom is -0.389 e. The van der Waals surface area contributed by atoms with E-state index in [2.05, 4.69) is 57.8 Å². The van der Waals surface area contributed by atoms with E-state index in [4.69, 9.17) is 51.6 Å². The highest BCUT2D eigenvalue weighted by molar-refractivity contribution is 5.98. The molecule has 2 unspecified atom stereocenters. The molecule has 33 nitrogen and oxygen atoms in total. The van der Waals surface area contributed by atoms with E-state index >= 15 is 0 Å². The summed E-state index contributed by atoms with van der Waals surface area (Å²) in [5.41, 5.74) is 51.9. The fraction of sp³-hybridized carbons (Fsp3) is 0.755. The van der Waals surface area contributed by atoms with Gasteiger partial charge in [0.2, 0.25) is 59.1 Å². The summed E-state index contributed by atoms with van der Waals surface area (Å²) < 4.78 is 0. The molecule has 30 N–H and O–H groups in total. The Morgan fingerprint density at radius 3 is 1.52 bits per heavy atom. The van der Waals surface area contributed by atoms with Gasteiger partial charge in [0.15, 0.2) is 0 Å². The van der Waals surface area contributed by atoms with Gasteiger partial charge >= 0.3 is 0 Å². The van der Waals surface area contributed by atoms with Crippen molar-refractivity contribution in [1.29, 1.82) is 0 Å². The third-order valence-electron chi connectivity index (χ3n) is 14.3. The third kappa shape index (κ3) is 27.4. The van der Waals surface area contributed by atoms with Crippen molar-refractivity contribution in [2.45, 2.75) is 182 Å². The van der Waals surface area contributed by atoms with Crippen LogP contribution in [0.15, 0.2) is 12.5 Å². The number of aliphatic hydroxyl groups is 2. The lowest BCUT2D eigenvalue weighted by Gasteiger charge is -2.30. The standard InChI is InChI=1S/C53H101N21O12/c54-18-4-1-12-33(62)45(78)72-44(41(76)28-61)52(85)73-43(40(75)27-60)51(84)65-30-42(77)67-37(16-10-23-59)53(86)74-25-11-17-39(74)50(83)71-38(26-32-29-63-31-66-32)49(82)70-35(14-3-6-20-56)47(80)69-36(15-9-22-58)48(81)68-34(13-2-5-19-55)46(79)64-24-8-7-21-57/h29,31,33-41,43-44,75-76H,1-28,30,54-62H2,(H,63,66)(H,64,79)(H,65,84)(H,67,77)(H,68,81)(H,69,80)(H,70,82)(H,71,83)(H,72,78)(H,73,85)/t33?,34-,35-,36+,37+,38?,39-,40-,41-,43-,44-/m0/s1. The van der Waals surface area contributed by atoms with Gasteiger partial charge in [-0.15, -0.1) is 0 Å². The van der Waals surface area contributed by atoms with Crippen LogP contribution in [0.3, 0.4) is 0 Å². The highest BCUT2D eigenvalue weighted by Crippen LogP contribution is 2.21.